The summed E-state index contributed by atoms with van der Waals surface area (Å²) >= 11 is 5.85. The van der Waals surface area contributed by atoms with Gasteiger partial charge in [0.05, 0.1) is 10.6 Å². The first-order valence-electron chi connectivity index (χ1n) is 10.1. The monoisotopic (exact) mass is 411 g/mol. The van der Waals surface area contributed by atoms with Crippen molar-refractivity contribution in [3.05, 3.63) is 34.6 Å². The first-order chi connectivity index (χ1) is 13.3. The third kappa shape index (κ3) is 7.76. The van der Waals surface area contributed by atoms with E-state index < -0.39 is 11.7 Å². The average molecular weight is 412 g/mol. The Kier molecular flexibility index (Phi) is 9.19. The zero-order valence-electron chi connectivity index (χ0n) is 16.8. The predicted octanol–water partition coefficient (Wildman–Crippen LogP) is 3.47. The van der Waals surface area contributed by atoms with Gasteiger partial charge in [0, 0.05) is 32.6 Å². The van der Waals surface area contributed by atoms with Gasteiger partial charge >= 0.3 is 0 Å². The lowest BCUT2D eigenvalue weighted by Crippen LogP contribution is -2.39. The second-order valence-electron chi connectivity index (χ2n) is 7.89. The Hall–Kier alpha value is -1.66. The Morgan fingerprint density at radius 2 is 1.86 bits per heavy atom. The topological polar surface area (TPSA) is 61.4 Å². The molecule has 156 valence electrons. The van der Waals surface area contributed by atoms with Crippen molar-refractivity contribution in [1.82, 2.24) is 15.5 Å². The zero-order chi connectivity index (χ0) is 20.5. The van der Waals surface area contributed by atoms with Gasteiger partial charge in [-0.3, -0.25) is 9.59 Å². The molecule has 0 bridgehead atoms. The maximum absolute atomic E-state index is 13.0. The molecular weight excluding hydrogens is 381 g/mol. The van der Waals surface area contributed by atoms with Crippen molar-refractivity contribution in [3.63, 3.8) is 0 Å². The summed E-state index contributed by atoms with van der Waals surface area (Å²) in [5, 5.41) is 5.57. The van der Waals surface area contributed by atoms with Crippen molar-refractivity contribution in [2.45, 2.75) is 39.5 Å². The van der Waals surface area contributed by atoms with E-state index in [1.54, 1.807) is 0 Å². The fourth-order valence-corrected chi connectivity index (χ4v) is 4.06. The van der Waals surface area contributed by atoms with Crippen molar-refractivity contribution in [2.75, 3.05) is 32.7 Å². The van der Waals surface area contributed by atoms with Gasteiger partial charge in [-0.15, -0.1) is 0 Å². The van der Waals surface area contributed by atoms with E-state index in [1.165, 1.54) is 31.6 Å². The molecule has 1 aliphatic heterocycles. The molecule has 0 radical (unpaired) electrons. The summed E-state index contributed by atoms with van der Waals surface area (Å²) < 4.78 is 13.0. The van der Waals surface area contributed by atoms with Crippen LogP contribution < -0.4 is 10.6 Å². The molecule has 1 aromatic rings. The van der Waals surface area contributed by atoms with Crippen LogP contribution in [0.5, 0.6) is 0 Å². The van der Waals surface area contributed by atoms with Crippen molar-refractivity contribution in [1.29, 1.82) is 0 Å². The van der Waals surface area contributed by atoms with Gasteiger partial charge in [-0.25, -0.2) is 4.39 Å². The second kappa shape index (κ2) is 11.4. The lowest BCUT2D eigenvalue weighted by Gasteiger charge is -2.34. The van der Waals surface area contributed by atoms with E-state index >= 15 is 0 Å². The minimum absolute atomic E-state index is 0.0550. The number of halogens is 2. The number of nitrogens with zero attached hydrogens (tertiary/aromatic N) is 1. The smallest absolute Gasteiger partial charge is 0.252 e. The summed E-state index contributed by atoms with van der Waals surface area (Å²) in [4.78, 5) is 26.4. The maximum atomic E-state index is 13.0. The highest BCUT2D eigenvalue weighted by Gasteiger charge is 2.20. The molecule has 1 aliphatic rings. The van der Waals surface area contributed by atoms with E-state index in [4.69, 9.17) is 11.6 Å². The van der Waals surface area contributed by atoms with E-state index in [1.807, 2.05) is 0 Å². The van der Waals surface area contributed by atoms with Crippen LogP contribution in [0.25, 0.3) is 0 Å². The molecule has 0 spiro atoms. The van der Waals surface area contributed by atoms with E-state index in [-0.39, 0.29) is 29.5 Å². The number of unbranched alkanes of at least 4 members (excludes halogenated alkanes) is 1. The largest absolute Gasteiger partial charge is 0.356 e. The fraction of sp³-hybridized carbons (Fsp3) is 0.619. The number of carbonyl (C=O) groups is 2. The lowest BCUT2D eigenvalue weighted by atomic mass is 9.92. The van der Waals surface area contributed by atoms with E-state index in [9.17, 15) is 14.0 Å². The van der Waals surface area contributed by atoms with Crippen molar-refractivity contribution in [3.8, 4) is 0 Å². The number of hydrogen-bond acceptors (Lipinski definition) is 3. The molecule has 1 fully saturated rings. The molecule has 1 aromatic carbocycles. The first-order valence-corrected chi connectivity index (χ1v) is 10.4. The van der Waals surface area contributed by atoms with Crippen LogP contribution in [-0.4, -0.2) is 49.4 Å². The van der Waals surface area contributed by atoms with Crippen LogP contribution in [0.2, 0.25) is 5.02 Å². The van der Waals surface area contributed by atoms with Gasteiger partial charge < -0.3 is 15.5 Å². The summed E-state index contributed by atoms with van der Waals surface area (Å²) in [5.41, 5.74) is 0.199. The van der Waals surface area contributed by atoms with E-state index in [2.05, 4.69) is 29.4 Å². The molecule has 0 aliphatic carbocycles. The van der Waals surface area contributed by atoms with Gasteiger partial charge in [0.15, 0.2) is 0 Å². The van der Waals surface area contributed by atoms with Gasteiger partial charge in [0.1, 0.15) is 5.82 Å². The van der Waals surface area contributed by atoms with Crippen LogP contribution in [0.3, 0.4) is 0 Å². The highest BCUT2D eigenvalue weighted by molar-refractivity contribution is 6.33. The molecule has 2 N–H and O–H groups in total. The summed E-state index contributed by atoms with van der Waals surface area (Å²) in [5.74, 6) is 0.533. The minimum Gasteiger partial charge on any atom is -0.356 e. The molecular formula is C21H31ClFN3O2. The number of nitrogens with one attached hydrogen (secondary N) is 2. The summed E-state index contributed by atoms with van der Waals surface area (Å²) in [6, 6.07) is 3.60. The number of benzene rings is 1. The van der Waals surface area contributed by atoms with Crippen LogP contribution in [-0.2, 0) is 4.79 Å². The number of carbonyl (C=O) groups excluding carboxylic acids is 2. The second-order valence-corrected chi connectivity index (χ2v) is 8.30. The van der Waals surface area contributed by atoms with Crippen molar-refractivity contribution < 1.29 is 14.0 Å². The third-order valence-corrected chi connectivity index (χ3v) is 5.29. The Bertz CT molecular complexity index is 661. The summed E-state index contributed by atoms with van der Waals surface area (Å²) in [6.45, 7) is 8.91. The average Bonchev–Trinajstić information content (AvgIpc) is 2.60. The molecule has 2 unspecified atom stereocenters. The molecule has 1 heterocycles. The number of amides is 2. The molecule has 2 amide bonds. The molecule has 1 saturated heterocycles. The standard InChI is InChI=1S/C21H31ClFN3O2/c1-15-11-16(2)14-26(13-15)10-4-3-8-24-20(27)7-9-25-21(28)18-6-5-17(23)12-19(18)22/h5-6,12,15-16H,3-4,7-11,13-14H2,1-2H3,(H,24,27)(H,25,28). The van der Waals surface area contributed by atoms with Crippen LogP contribution in [0.15, 0.2) is 18.2 Å². The molecule has 28 heavy (non-hydrogen) atoms. The van der Waals surface area contributed by atoms with Crippen molar-refractivity contribution >= 4 is 23.4 Å². The molecule has 2 rings (SSSR count). The zero-order valence-corrected chi connectivity index (χ0v) is 17.5. The van der Waals surface area contributed by atoms with E-state index in [0.717, 1.165) is 37.3 Å². The van der Waals surface area contributed by atoms with Crippen molar-refractivity contribution in [2.24, 2.45) is 11.8 Å². The Balaban J connectivity index is 1.54. The normalized spacial score (nSPS) is 20.0. The number of likely N-dealkylation sites (tertiary alicyclic amines) is 1. The third-order valence-electron chi connectivity index (χ3n) is 4.98. The molecule has 0 aromatic heterocycles. The molecule has 7 heteroatoms. The van der Waals surface area contributed by atoms with Crippen LogP contribution in [0, 0.1) is 17.7 Å². The quantitative estimate of drug-likeness (QED) is 0.611. The molecule has 5 nitrogen and oxygen atoms in total. The van der Waals surface area contributed by atoms with Crippen LogP contribution >= 0.6 is 11.6 Å². The Morgan fingerprint density at radius 1 is 1.14 bits per heavy atom. The number of hydrogen-bond donors (Lipinski definition) is 2. The van der Waals surface area contributed by atoms with Gasteiger partial charge in [-0.05, 0) is 55.8 Å². The lowest BCUT2D eigenvalue weighted by molar-refractivity contribution is -0.120. The van der Waals surface area contributed by atoms with Crippen LogP contribution in [0.4, 0.5) is 4.39 Å². The first kappa shape index (κ1) is 22.6. The van der Waals surface area contributed by atoms with Gasteiger partial charge in [0.25, 0.3) is 5.91 Å². The van der Waals surface area contributed by atoms with Gasteiger partial charge in [-0.2, -0.15) is 0 Å². The number of piperidine rings is 1. The summed E-state index contributed by atoms with van der Waals surface area (Å²) in [7, 11) is 0. The predicted molar refractivity (Wildman–Crippen MR) is 110 cm³/mol. The highest BCUT2D eigenvalue weighted by Crippen LogP contribution is 2.21. The van der Waals surface area contributed by atoms with E-state index in [0.29, 0.717) is 6.54 Å². The highest BCUT2D eigenvalue weighted by atomic mass is 35.5. The fourth-order valence-electron chi connectivity index (χ4n) is 3.81. The molecule has 2 atom stereocenters. The SMILES string of the molecule is CC1CC(C)CN(CCCCNC(=O)CCNC(=O)c2ccc(F)cc2Cl)C1. The van der Waals surface area contributed by atoms with Gasteiger partial charge in [-0.1, -0.05) is 25.4 Å². The Morgan fingerprint density at radius 3 is 2.54 bits per heavy atom. The van der Waals surface area contributed by atoms with Gasteiger partial charge in [0.2, 0.25) is 5.91 Å². The van der Waals surface area contributed by atoms with Crippen LogP contribution in [0.1, 0.15) is 49.9 Å². The molecule has 0 saturated carbocycles. The minimum atomic E-state index is -0.495. The summed E-state index contributed by atoms with van der Waals surface area (Å²) in [6.07, 6.45) is 3.53. The Labute approximate surface area is 172 Å². The number of rotatable bonds is 9. The maximum Gasteiger partial charge on any atom is 0.252 e.